The van der Waals surface area contributed by atoms with Crippen LogP contribution < -0.4 is 5.73 Å². The largest absolute Gasteiger partial charge is 0.463 e. The van der Waals surface area contributed by atoms with Crippen LogP contribution in [0.2, 0.25) is 0 Å². The molecular formula is C15H27NO3. The van der Waals surface area contributed by atoms with E-state index in [1.807, 2.05) is 13.0 Å². The lowest BCUT2D eigenvalue weighted by atomic mass is 9.84. The monoisotopic (exact) mass is 269 g/mol. The third-order valence-corrected chi connectivity index (χ3v) is 3.81. The Hall–Kier alpha value is -0.870. The summed E-state index contributed by atoms with van der Waals surface area (Å²) in [5, 5.41) is 0. The fourth-order valence-electron chi connectivity index (χ4n) is 2.34. The molecule has 110 valence electrons. The minimum absolute atomic E-state index is 0.0521. The maximum absolute atomic E-state index is 11.8. The topological polar surface area (TPSA) is 61.5 Å². The van der Waals surface area contributed by atoms with Crippen molar-refractivity contribution in [1.29, 1.82) is 0 Å². The lowest BCUT2D eigenvalue weighted by molar-refractivity contribution is -0.139. The molecule has 0 saturated carbocycles. The maximum Gasteiger partial charge on any atom is 0.333 e. The van der Waals surface area contributed by atoms with E-state index in [0.717, 1.165) is 12.8 Å². The molecule has 1 unspecified atom stereocenters. The van der Waals surface area contributed by atoms with Crippen LogP contribution in [0.3, 0.4) is 0 Å². The Morgan fingerprint density at radius 1 is 1.42 bits per heavy atom. The van der Waals surface area contributed by atoms with Gasteiger partial charge in [0.05, 0.1) is 18.8 Å². The van der Waals surface area contributed by atoms with Crippen molar-refractivity contribution in [3.8, 4) is 0 Å². The summed E-state index contributed by atoms with van der Waals surface area (Å²) in [6.45, 7) is 8.49. The molecule has 1 aliphatic rings. The van der Waals surface area contributed by atoms with Crippen LogP contribution in [0.1, 0.15) is 47.0 Å². The van der Waals surface area contributed by atoms with Crippen LogP contribution in [0.15, 0.2) is 11.6 Å². The van der Waals surface area contributed by atoms with Gasteiger partial charge in [-0.3, -0.25) is 0 Å². The van der Waals surface area contributed by atoms with Crippen LogP contribution in [-0.2, 0) is 14.3 Å². The normalized spacial score (nSPS) is 27.3. The summed E-state index contributed by atoms with van der Waals surface area (Å²) in [6.07, 6.45) is 4.55. The van der Waals surface area contributed by atoms with Gasteiger partial charge in [-0.2, -0.15) is 0 Å². The summed E-state index contributed by atoms with van der Waals surface area (Å²) >= 11 is 0. The van der Waals surface area contributed by atoms with E-state index in [-0.39, 0.29) is 30.1 Å². The minimum Gasteiger partial charge on any atom is -0.463 e. The SMILES string of the molecule is CCOC(=O)C1=CC(OC(CC)CC)[C@H](C)[C@@H](N)C1. The molecule has 0 spiro atoms. The second-order valence-corrected chi connectivity index (χ2v) is 5.18. The fourth-order valence-corrected chi connectivity index (χ4v) is 2.34. The molecule has 1 rings (SSSR count). The quantitative estimate of drug-likeness (QED) is 0.752. The van der Waals surface area contributed by atoms with E-state index in [0.29, 0.717) is 18.6 Å². The number of ether oxygens (including phenoxy) is 2. The summed E-state index contributed by atoms with van der Waals surface area (Å²) in [4.78, 5) is 11.8. The van der Waals surface area contributed by atoms with Crippen LogP contribution >= 0.6 is 0 Å². The van der Waals surface area contributed by atoms with Crippen molar-refractivity contribution < 1.29 is 14.3 Å². The first kappa shape index (κ1) is 16.2. The first-order chi connectivity index (χ1) is 9.03. The molecule has 0 heterocycles. The Bertz CT molecular complexity index is 323. The molecule has 0 bridgehead atoms. The first-order valence-corrected chi connectivity index (χ1v) is 7.32. The van der Waals surface area contributed by atoms with Crippen molar-refractivity contribution in [2.24, 2.45) is 11.7 Å². The smallest absolute Gasteiger partial charge is 0.333 e. The van der Waals surface area contributed by atoms with Crippen LogP contribution in [-0.4, -0.2) is 30.8 Å². The Morgan fingerprint density at radius 2 is 2.05 bits per heavy atom. The summed E-state index contributed by atoms with van der Waals surface area (Å²) in [7, 11) is 0. The molecule has 0 aliphatic heterocycles. The van der Waals surface area contributed by atoms with Gasteiger partial charge in [0, 0.05) is 17.5 Å². The molecule has 0 amide bonds. The van der Waals surface area contributed by atoms with Crippen molar-refractivity contribution >= 4 is 5.97 Å². The molecule has 2 N–H and O–H groups in total. The van der Waals surface area contributed by atoms with Crippen LogP contribution in [0, 0.1) is 5.92 Å². The minimum atomic E-state index is -0.261. The third-order valence-electron chi connectivity index (χ3n) is 3.81. The summed E-state index contributed by atoms with van der Waals surface area (Å²) in [6, 6.07) is -0.0521. The summed E-state index contributed by atoms with van der Waals surface area (Å²) in [5.74, 6) is -0.0400. The molecule has 0 radical (unpaired) electrons. The van der Waals surface area contributed by atoms with Gasteiger partial charge in [-0.25, -0.2) is 4.79 Å². The highest BCUT2D eigenvalue weighted by atomic mass is 16.5. The molecule has 0 fully saturated rings. The van der Waals surface area contributed by atoms with Gasteiger partial charge in [0.1, 0.15) is 0 Å². The number of nitrogens with two attached hydrogens (primary N) is 1. The van der Waals surface area contributed by atoms with Crippen LogP contribution in [0.4, 0.5) is 0 Å². The highest BCUT2D eigenvalue weighted by Gasteiger charge is 2.32. The second-order valence-electron chi connectivity index (χ2n) is 5.18. The Balaban J connectivity index is 2.81. The van der Waals surface area contributed by atoms with E-state index in [1.165, 1.54) is 0 Å². The Labute approximate surface area is 116 Å². The molecular weight excluding hydrogens is 242 g/mol. The lowest BCUT2D eigenvalue weighted by Crippen LogP contribution is -2.42. The number of rotatable bonds is 6. The van der Waals surface area contributed by atoms with E-state index in [4.69, 9.17) is 15.2 Å². The highest BCUT2D eigenvalue weighted by Crippen LogP contribution is 2.27. The van der Waals surface area contributed by atoms with Gasteiger partial charge in [0.2, 0.25) is 0 Å². The molecule has 0 aromatic rings. The van der Waals surface area contributed by atoms with E-state index in [9.17, 15) is 4.79 Å². The van der Waals surface area contributed by atoms with Gasteiger partial charge >= 0.3 is 5.97 Å². The predicted octanol–water partition coefficient (Wildman–Crippen LogP) is 2.42. The molecule has 4 nitrogen and oxygen atoms in total. The van der Waals surface area contributed by atoms with Gasteiger partial charge in [-0.05, 0) is 32.3 Å². The van der Waals surface area contributed by atoms with Crippen molar-refractivity contribution in [3.05, 3.63) is 11.6 Å². The number of carbonyl (C=O) groups excluding carboxylic acids is 1. The molecule has 4 heteroatoms. The van der Waals surface area contributed by atoms with Gasteiger partial charge in [-0.1, -0.05) is 20.8 Å². The molecule has 0 saturated heterocycles. The fraction of sp³-hybridized carbons (Fsp3) is 0.800. The number of carbonyl (C=O) groups is 1. The van der Waals surface area contributed by atoms with E-state index in [1.54, 1.807) is 0 Å². The molecule has 1 aliphatic carbocycles. The van der Waals surface area contributed by atoms with E-state index < -0.39 is 0 Å². The molecule has 0 aromatic carbocycles. The second kappa shape index (κ2) is 7.65. The summed E-state index contributed by atoms with van der Waals surface area (Å²) < 4.78 is 11.1. The Morgan fingerprint density at radius 3 is 2.58 bits per heavy atom. The van der Waals surface area contributed by atoms with Crippen molar-refractivity contribution in [3.63, 3.8) is 0 Å². The van der Waals surface area contributed by atoms with Gasteiger partial charge < -0.3 is 15.2 Å². The highest BCUT2D eigenvalue weighted by molar-refractivity contribution is 5.88. The predicted molar refractivity (Wildman–Crippen MR) is 75.7 cm³/mol. The zero-order chi connectivity index (χ0) is 14.4. The van der Waals surface area contributed by atoms with E-state index in [2.05, 4.69) is 20.8 Å². The molecule has 0 aromatic heterocycles. The number of hydrogen-bond acceptors (Lipinski definition) is 4. The zero-order valence-corrected chi connectivity index (χ0v) is 12.5. The standard InChI is InChI=1S/C15H27NO3/c1-5-12(6-2)19-14-9-11(15(17)18-7-3)8-13(16)10(14)4/h9-10,12-14H,5-8,16H2,1-4H3/t10-,13+,14?/m1/s1. The molecule has 19 heavy (non-hydrogen) atoms. The van der Waals surface area contributed by atoms with Crippen molar-refractivity contribution in [2.45, 2.75) is 65.2 Å². The number of esters is 1. The maximum atomic E-state index is 11.8. The first-order valence-electron chi connectivity index (χ1n) is 7.32. The van der Waals surface area contributed by atoms with Crippen LogP contribution in [0.5, 0.6) is 0 Å². The average Bonchev–Trinajstić information content (AvgIpc) is 2.40. The van der Waals surface area contributed by atoms with Gasteiger partial charge in [-0.15, -0.1) is 0 Å². The zero-order valence-electron chi connectivity index (χ0n) is 12.5. The Kier molecular flexibility index (Phi) is 6.52. The van der Waals surface area contributed by atoms with Crippen molar-refractivity contribution in [2.75, 3.05) is 6.61 Å². The van der Waals surface area contributed by atoms with E-state index >= 15 is 0 Å². The average molecular weight is 269 g/mol. The molecule has 3 atom stereocenters. The van der Waals surface area contributed by atoms with Crippen molar-refractivity contribution in [1.82, 2.24) is 0 Å². The van der Waals surface area contributed by atoms with Gasteiger partial charge in [0.25, 0.3) is 0 Å². The number of hydrogen-bond donors (Lipinski definition) is 1. The van der Waals surface area contributed by atoms with Gasteiger partial charge in [0.15, 0.2) is 0 Å². The van der Waals surface area contributed by atoms with Crippen LogP contribution in [0.25, 0.3) is 0 Å². The summed E-state index contributed by atoms with van der Waals surface area (Å²) in [5.41, 5.74) is 6.78. The third kappa shape index (κ3) is 4.32. The lowest BCUT2D eigenvalue weighted by Gasteiger charge is -2.34.